The lowest BCUT2D eigenvalue weighted by Crippen LogP contribution is -2.47. The zero-order chi connectivity index (χ0) is 30.1. The number of carbonyl (C=O) groups is 1. The van der Waals surface area contributed by atoms with Crippen LogP contribution in [0, 0.1) is 11.2 Å². The van der Waals surface area contributed by atoms with Crippen LogP contribution in [0.1, 0.15) is 49.0 Å². The van der Waals surface area contributed by atoms with Crippen molar-refractivity contribution in [2.45, 2.75) is 33.1 Å². The number of anilines is 1. The van der Waals surface area contributed by atoms with Gasteiger partial charge in [-0.15, -0.1) is 0 Å². The van der Waals surface area contributed by atoms with Crippen molar-refractivity contribution in [3.63, 3.8) is 0 Å². The van der Waals surface area contributed by atoms with Crippen LogP contribution in [0.2, 0.25) is 5.02 Å². The maximum absolute atomic E-state index is 15.0. The maximum Gasteiger partial charge on any atom is 0.341 e. The second-order valence-corrected chi connectivity index (χ2v) is 12.6. The van der Waals surface area contributed by atoms with Crippen LogP contribution in [0.15, 0.2) is 66.5 Å². The molecule has 0 saturated carbocycles. The first-order valence-corrected chi connectivity index (χ1v) is 15.0. The van der Waals surface area contributed by atoms with E-state index in [2.05, 4.69) is 33.6 Å². The highest BCUT2D eigenvalue weighted by Gasteiger charge is 2.30. The number of H-pyrrole nitrogens is 1. The van der Waals surface area contributed by atoms with E-state index in [0.717, 1.165) is 74.3 Å². The van der Waals surface area contributed by atoms with Gasteiger partial charge in [0.1, 0.15) is 28.5 Å². The van der Waals surface area contributed by atoms with Crippen molar-refractivity contribution in [2.75, 3.05) is 44.7 Å². The minimum Gasteiger partial charge on any atom is -0.465 e. The van der Waals surface area contributed by atoms with Gasteiger partial charge in [0.25, 0.3) is 0 Å². The molecule has 1 fully saturated rings. The largest absolute Gasteiger partial charge is 0.465 e. The summed E-state index contributed by atoms with van der Waals surface area (Å²) in [6.07, 6.45) is 6.36. The molecule has 1 aliphatic carbocycles. The number of benzene rings is 2. The molecule has 7 nitrogen and oxygen atoms in total. The number of aromatic nitrogens is 2. The van der Waals surface area contributed by atoms with Gasteiger partial charge >= 0.3 is 5.97 Å². The van der Waals surface area contributed by atoms with Crippen LogP contribution in [-0.4, -0.2) is 60.7 Å². The van der Waals surface area contributed by atoms with E-state index in [1.54, 1.807) is 18.3 Å². The average Bonchev–Trinajstić information content (AvgIpc) is 3.46. The summed E-state index contributed by atoms with van der Waals surface area (Å²) in [5, 5.41) is 1.34. The van der Waals surface area contributed by atoms with Crippen molar-refractivity contribution < 1.29 is 18.7 Å². The summed E-state index contributed by atoms with van der Waals surface area (Å²) in [6.45, 7) is 8.71. The number of methoxy groups -OCH3 is 1. The molecule has 0 atom stereocenters. The fourth-order valence-electron chi connectivity index (χ4n) is 6.13. The summed E-state index contributed by atoms with van der Waals surface area (Å²) in [6, 6.07) is 14.4. The number of hydrogen-bond donors (Lipinski definition) is 1. The van der Waals surface area contributed by atoms with E-state index in [9.17, 15) is 4.79 Å². The molecule has 9 heteroatoms. The zero-order valence-electron chi connectivity index (χ0n) is 24.8. The second kappa shape index (κ2) is 12.0. The minimum atomic E-state index is -0.459. The van der Waals surface area contributed by atoms with E-state index in [1.807, 2.05) is 36.5 Å². The minimum absolute atomic E-state index is 0.128. The van der Waals surface area contributed by atoms with Crippen LogP contribution in [-0.2, 0) is 4.74 Å². The molecule has 2 aliphatic rings. The number of fused-ring (bicyclic) bond motifs is 1. The number of esters is 1. The monoisotopic (exact) mass is 602 g/mol. The molecule has 1 saturated heterocycles. The first-order chi connectivity index (χ1) is 20.7. The number of carbonyl (C=O) groups excluding carboxylic acids is 1. The summed E-state index contributed by atoms with van der Waals surface area (Å²) in [7, 11) is 1.36. The highest BCUT2D eigenvalue weighted by atomic mass is 35.5. The number of halogens is 2. The van der Waals surface area contributed by atoms with Crippen molar-refractivity contribution in [2.24, 2.45) is 5.41 Å². The Kier molecular flexibility index (Phi) is 8.16. The Labute approximate surface area is 256 Å². The third kappa shape index (κ3) is 6.40. The van der Waals surface area contributed by atoms with Crippen molar-refractivity contribution in [1.29, 1.82) is 0 Å². The molecule has 2 aromatic heterocycles. The molecule has 0 spiro atoms. The molecule has 0 unspecified atom stereocenters. The summed E-state index contributed by atoms with van der Waals surface area (Å²) >= 11 is 6.06. The molecule has 4 aromatic rings. The molecular weight excluding hydrogens is 567 g/mol. The number of aromatic amines is 1. The predicted octanol–water partition coefficient (Wildman–Crippen LogP) is 7.72. The van der Waals surface area contributed by atoms with E-state index in [1.165, 1.54) is 18.7 Å². The number of nitrogens with one attached hydrogen (secondary N) is 1. The van der Waals surface area contributed by atoms with Crippen molar-refractivity contribution in [3.05, 3.63) is 88.5 Å². The number of ether oxygens (including phenoxy) is 2. The van der Waals surface area contributed by atoms with Crippen molar-refractivity contribution in [3.8, 4) is 11.5 Å². The quantitative estimate of drug-likeness (QED) is 0.218. The molecule has 224 valence electrons. The Morgan fingerprint density at radius 2 is 1.91 bits per heavy atom. The first-order valence-electron chi connectivity index (χ1n) is 14.7. The van der Waals surface area contributed by atoms with Crippen LogP contribution in [0.4, 0.5) is 10.1 Å². The zero-order valence-corrected chi connectivity index (χ0v) is 25.5. The van der Waals surface area contributed by atoms with Gasteiger partial charge < -0.3 is 19.4 Å². The number of hydrogen-bond acceptors (Lipinski definition) is 6. The number of nitrogens with zero attached hydrogens (tertiary/aromatic N) is 3. The van der Waals surface area contributed by atoms with Crippen LogP contribution >= 0.6 is 11.6 Å². The number of allylic oxidation sites excluding steroid dienone is 1. The van der Waals surface area contributed by atoms with E-state index >= 15 is 4.39 Å². The van der Waals surface area contributed by atoms with Crippen LogP contribution in [0.3, 0.4) is 0 Å². The fourth-order valence-corrected chi connectivity index (χ4v) is 6.29. The Morgan fingerprint density at radius 1 is 1.09 bits per heavy atom. The number of rotatable bonds is 7. The van der Waals surface area contributed by atoms with E-state index in [0.29, 0.717) is 27.6 Å². The average molecular weight is 603 g/mol. The van der Waals surface area contributed by atoms with Crippen LogP contribution in [0.25, 0.3) is 16.6 Å². The third-order valence-electron chi connectivity index (χ3n) is 8.57. The summed E-state index contributed by atoms with van der Waals surface area (Å²) < 4.78 is 26.2. The van der Waals surface area contributed by atoms with Gasteiger partial charge in [0, 0.05) is 66.6 Å². The molecule has 43 heavy (non-hydrogen) atoms. The van der Waals surface area contributed by atoms with Gasteiger partial charge in [-0.05, 0) is 66.6 Å². The fraction of sp³-hybridized carbons (Fsp3) is 0.353. The lowest BCUT2D eigenvalue weighted by molar-refractivity contribution is 0.0598. The molecule has 6 rings (SSSR count). The summed E-state index contributed by atoms with van der Waals surface area (Å²) in [4.78, 5) is 24.8. The highest BCUT2D eigenvalue weighted by molar-refractivity contribution is 6.30. The topological polar surface area (TPSA) is 70.7 Å². The van der Waals surface area contributed by atoms with Crippen molar-refractivity contribution >= 4 is 39.9 Å². The molecular formula is C34H36ClFN4O3. The summed E-state index contributed by atoms with van der Waals surface area (Å²) in [5.74, 6) is 0.253. The SMILES string of the molecule is COC(=O)c1ccc(N2CCN(CC3=C(c4ccc(Cl)cc4F)CC(C)(C)CC3)CC2)cc1Oc1cnc2[nH]ccc2c1. The summed E-state index contributed by atoms with van der Waals surface area (Å²) in [5.41, 5.74) is 5.35. The molecule has 2 aromatic carbocycles. The normalized spacial score (nSPS) is 17.4. The van der Waals surface area contributed by atoms with Crippen molar-refractivity contribution in [1.82, 2.24) is 14.9 Å². The Morgan fingerprint density at radius 3 is 2.67 bits per heavy atom. The van der Waals surface area contributed by atoms with Gasteiger partial charge in [0.2, 0.25) is 0 Å². The van der Waals surface area contributed by atoms with E-state index in [4.69, 9.17) is 21.1 Å². The predicted molar refractivity (Wildman–Crippen MR) is 169 cm³/mol. The molecule has 0 radical (unpaired) electrons. The standard InChI is InChI=1S/C34H36ClFN4O3/c1-34(2)10-8-23(29(19-34)27-6-4-24(35)17-30(27)36)21-39-12-14-40(15-13-39)25-5-7-28(33(41)42-3)31(18-25)43-26-16-22-9-11-37-32(22)38-20-26/h4-7,9,11,16-18,20H,8,10,12-15,19,21H2,1-3H3,(H,37,38). The van der Waals surface area contributed by atoms with Gasteiger partial charge in [0.15, 0.2) is 0 Å². The van der Waals surface area contributed by atoms with Gasteiger partial charge in [0.05, 0.1) is 13.3 Å². The Balaban J connectivity index is 1.19. The van der Waals surface area contributed by atoms with Gasteiger partial charge in [-0.3, -0.25) is 4.90 Å². The lowest BCUT2D eigenvalue weighted by Gasteiger charge is -2.39. The van der Waals surface area contributed by atoms with Gasteiger partial charge in [-0.25, -0.2) is 14.2 Å². The maximum atomic E-state index is 15.0. The third-order valence-corrected chi connectivity index (χ3v) is 8.80. The molecule has 1 aliphatic heterocycles. The molecule has 0 bridgehead atoms. The van der Waals surface area contributed by atoms with E-state index in [-0.39, 0.29) is 11.2 Å². The molecule has 1 N–H and O–H groups in total. The van der Waals surface area contributed by atoms with E-state index < -0.39 is 5.97 Å². The number of pyridine rings is 1. The highest BCUT2D eigenvalue weighted by Crippen LogP contribution is 2.44. The first kappa shape index (κ1) is 29.2. The van der Waals surface area contributed by atoms with Crippen LogP contribution < -0.4 is 9.64 Å². The Hall–Kier alpha value is -3.88. The second-order valence-electron chi connectivity index (χ2n) is 12.2. The van der Waals surface area contributed by atoms with Crippen LogP contribution in [0.5, 0.6) is 11.5 Å². The lowest BCUT2D eigenvalue weighted by atomic mass is 9.72. The Bertz CT molecular complexity index is 1690. The number of piperazine rings is 1. The molecule has 0 amide bonds. The van der Waals surface area contributed by atoms with Gasteiger partial charge in [-0.2, -0.15) is 0 Å². The van der Waals surface area contributed by atoms with Gasteiger partial charge in [-0.1, -0.05) is 37.1 Å². The molecule has 3 heterocycles. The smallest absolute Gasteiger partial charge is 0.341 e.